The van der Waals surface area contributed by atoms with Crippen LogP contribution in [0.15, 0.2) is 108 Å². The number of H-pyrrole nitrogens is 1. The second-order valence-electron chi connectivity index (χ2n) is 8.51. The van der Waals surface area contributed by atoms with Gasteiger partial charge in [0, 0.05) is 17.3 Å². The summed E-state index contributed by atoms with van der Waals surface area (Å²) < 4.78 is 28.2. The van der Waals surface area contributed by atoms with Crippen LogP contribution in [0.25, 0.3) is 28.5 Å². The number of benzene rings is 4. The number of hydrogen-bond acceptors (Lipinski definition) is 4. The maximum absolute atomic E-state index is 12.8. The molecule has 0 fully saturated rings. The summed E-state index contributed by atoms with van der Waals surface area (Å²) >= 11 is 0. The molecule has 0 bridgehead atoms. The van der Waals surface area contributed by atoms with Crippen molar-refractivity contribution in [3.05, 3.63) is 114 Å². The van der Waals surface area contributed by atoms with E-state index in [1.54, 1.807) is 36.4 Å². The highest BCUT2D eigenvalue weighted by Crippen LogP contribution is 2.27. The van der Waals surface area contributed by atoms with Crippen LogP contribution in [0, 0.1) is 6.92 Å². The van der Waals surface area contributed by atoms with Crippen molar-refractivity contribution in [1.82, 2.24) is 9.97 Å². The first-order valence-electron chi connectivity index (χ1n) is 11.6. The lowest BCUT2D eigenvalue weighted by Gasteiger charge is -2.09. The number of nitrogens with one attached hydrogen (secondary N) is 3. The molecule has 0 spiro atoms. The summed E-state index contributed by atoms with van der Waals surface area (Å²) in [6.07, 6.45) is 2.94. The third kappa shape index (κ3) is 5.60. The number of carbonyl (C=O) groups excluding carboxylic acids is 1. The summed E-state index contributed by atoms with van der Waals surface area (Å²) in [5.74, 6) is 0.301. The van der Waals surface area contributed by atoms with Crippen LogP contribution in [0.4, 0.5) is 11.4 Å². The van der Waals surface area contributed by atoms with Crippen LogP contribution >= 0.6 is 0 Å². The van der Waals surface area contributed by atoms with Crippen molar-refractivity contribution in [3.63, 3.8) is 0 Å². The van der Waals surface area contributed by atoms with E-state index < -0.39 is 10.0 Å². The molecule has 0 radical (unpaired) electrons. The van der Waals surface area contributed by atoms with Gasteiger partial charge in [0.15, 0.2) is 0 Å². The summed E-state index contributed by atoms with van der Waals surface area (Å²) in [5.41, 5.74) is 5.20. The van der Waals surface area contributed by atoms with Gasteiger partial charge >= 0.3 is 0 Å². The maximum Gasteiger partial charge on any atom is 0.261 e. The molecule has 0 aliphatic carbocycles. The van der Waals surface area contributed by atoms with E-state index >= 15 is 0 Å². The van der Waals surface area contributed by atoms with Crippen LogP contribution in [0.3, 0.4) is 0 Å². The average molecular weight is 509 g/mol. The van der Waals surface area contributed by atoms with Gasteiger partial charge in [-0.3, -0.25) is 9.52 Å². The number of para-hydroxylation sites is 3. The molecule has 0 aliphatic heterocycles. The van der Waals surface area contributed by atoms with Gasteiger partial charge in [-0.2, -0.15) is 0 Å². The molecule has 5 aromatic rings. The molecule has 184 valence electrons. The van der Waals surface area contributed by atoms with E-state index in [4.69, 9.17) is 0 Å². The number of anilines is 2. The largest absolute Gasteiger partial charge is 0.338 e. The van der Waals surface area contributed by atoms with Crippen LogP contribution < -0.4 is 10.0 Å². The van der Waals surface area contributed by atoms with Gasteiger partial charge in [-0.25, -0.2) is 13.4 Å². The van der Waals surface area contributed by atoms with E-state index in [0.29, 0.717) is 22.8 Å². The van der Waals surface area contributed by atoms with Gasteiger partial charge in [-0.05, 0) is 67.1 Å². The topological polar surface area (TPSA) is 104 Å². The number of sulfonamides is 1. The molecule has 1 aromatic heterocycles. The number of hydrogen-bond donors (Lipinski definition) is 3. The highest BCUT2D eigenvalue weighted by molar-refractivity contribution is 7.92. The molecular formula is C29H24N4O3S. The second kappa shape index (κ2) is 10.1. The van der Waals surface area contributed by atoms with Crippen LogP contribution in [0.1, 0.15) is 11.1 Å². The fraction of sp³-hybridized carbons (Fsp3) is 0.0345. The first-order chi connectivity index (χ1) is 17.9. The van der Waals surface area contributed by atoms with Gasteiger partial charge in [-0.1, -0.05) is 54.1 Å². The number of fused-ring (bicyclic) bond motifs is 1. The van der Waals surface area contributed by atoms with Gasteiger partial charge < -0.3 is 10.3 Å². The van der Waals surface area contributed by atoms with E-state index in [1.807, 2.05) is 61.5 Å². The van der Waals surface area contributed by atoms with Gasteiger partial charge in [0.1, 0.15) is 5.82 Å². The molecule has 4 aromatic carbocycles. The summed E-state index contributed by atoms with van der Waals surface area (Å²) in [5, 5.41) is 2.89. The van der Waals surface area contributed by atoms with Crippen LogP contribution in [-0.2, 0) is 14.8 Å². The molecule has 3 N–H and O–H groups in total. The standard InChI is InChI=1S/C29H24N4O3S/c1-20-13-16-22(17-14-20)33-37(35,36)23-8-6-7-21(19-23)15-18-28(34)30-25-10-3-2-9-24(25)29-31-26-11-4-5-12-27(26)32-29/h2-19,33H,1H3,(H,30,34)(H,31,32)/b18-15+. The first kappa shape index (κ1) is 24.0. The molecule has 0 unspecified atom stereocenters. The number of rotatable bonds is 7. The minimum absolute atomic E-state index is 0.103. The zero-order chi connectivity index (χ0) is 25.8. The molecule has 0 atom stereocenters. The van der Waals surface area contributed by atoms with Crippen LogP contribution in [-0.4, -0.2) is 24.3 Å². The predicted molar refractivity (Wildman–Crippen MR) is 148 cm³/mol. The highest BCUT2D eigenvalue weighted by Gasteiger charge is 2.15. The van der Waals surface area contributed by atoms with Crippen molar-refractivity contribution in [3.8, 4) is 11.4 Å². The van der Waals surface area contributed by atoms with Gasteiger partial charge in [0.2, 0.25) is 5.91 Å². The molecule has 8 heteroatoms. The Hall–Kier alpha value is -4.69. The molecule has 7 nitrogen and oxygen atoms in total. The first-order valence-corrected chi connectivity index (χ1v) is 13.1. The average Bonchev–Trinajstić information content (AvgIpc) is 3.33. The normalized spacial score (nSPS) is 11.6. The number of carbonyl (C=O) groups is 1. The quantitative estimate of drug-likeness (QED) is 0.235. The van der Waals surface area contributed by atoms with E-state index in [2.05, 4.69) is 20.0 Å². The van der Waals surface area contributed by atoms with E-state index in [1.165, 1.54) is 18.2 Å². The van der Waals surface area contributed by atoms with Crippen molar-refractivity contribution in [2.75, 3.05) is 10.0 Å². The molecule has 1 amide bonds. The van der Waals surface area contributed by atoms with E-state index in [-0.39, 0.29) is 10.8 Å². The zero-order valence-corrected chi connectivity index (χ0v) is 20.8. The Labute approximate surface area is 215 Å². The Kier molecular flexibility index (Phi) is 6.57. The molecule has 0 aliphatic rings. The van der Waals surface area contributed by atoms with Crippen molar-refractivity contribution in [2.24, 2.45) is 0 Å². The lowest BCUT2D eigenvalue weighted by atomic mass is 10.1. The molecule has 0 saturated carbocycles. The van der Waals surface area contributed by atoms with Crippen LogP contribution in [0.2, 0.25) is 0 Å². The lowest BCUT2D eigenvalue weighted by molar-refractivity contribution is -0.111. The highest BCUT2D eigenvalue weighted by atomic mass is 32.2. The second-order valence-corrected chi connectivity index (χ2v) is 10.2. The van der Waals surface area contributed by atoms with E-state index in [0.717, 1.165) is 22.2 Å². The number of aromatic nitrogens is 2. The Balaban J connectivity index is 1.32. The molecule has 0 saturated heterocycles. The Morgan fingerprint density at radius 3 is 2.46 bits per heavy atom. The number of amides is 1. The summed E-state index contributed by atoms with van der Waals surface area (Å²) in [4.78, 5) is 20.7. The summed E-state index contributed by atoms with van der Waals surface area (Å²) in [6.45, 7) is 1.93. The third-order valence-corrected chi connectivity index (χ3v) is 7.11. The fourth-order valence-electron chi connectivity index (χ4n) is 3.85. The van der Waals surface area contributed by atoms with Crippen molar-refractivity contribution >= 4 is 44.4 Å². The van der Waals surface area contributed by atoms with Gasteiger partial charge in [-0.15, -0.1) is 0 Å². The van der Waals surface area contributed by atoms with Crippen molar-refractivity contribution in [1.29, 1.82) is 0 Å². The summed E-state index contributed by atoms with van der Waals surface area (Å²) in [7, 11) is -3.78. The smallest absolute Gasteiger partial charge is 0.261 e. The van der Waals surface area contributed by atoms with Crippen molar-refractivity contribution < 1.29 is 13.2 Å². The summed E-state index contributed by atoms with van der Waals surface area (Å²) in [6, 6.07) is 28.6. The Morgan fingerprint density at radius 2 is 1.65 bits per heavy atom. The number of aromatic amines is 1. The minimum atomic E-state index is -3.78. The molecule has 1 heterocycles. The Bertz CT molecular complexity index is 1690. The van der Waals surface area contributed by atoms with E-state index in [9.17, 15) is 13.2 Å². The molecule has 5 rings (SSSR count). The van der Waals surface area contributed by atoms with Gasteiger partial charge in [0.05, 0.1) is 21.6 Å². The molecule has 37 heavy (non-hydrogen) atoms. The number of aryl methyl sites for hydroxylation is 1. The van der Waals surface area contributed by atoms with Gasteiger partial charge in [0.25, 0.3) is 10.0 Å². The molecular weight excluding hydrogens is 484 g/mol. The Morgan fingerprint density at radius 1 is 0.892 bits per heavy atom. The van der Waals surface area contributed by atoms with Crippen LogP contribution in [0.5, 0.6) is 0 Å². The monoisotopic (exact) mass is 508 g/mol. The number of nitrogens with zero attached hydrogens (tertiary/aromatic N) is 1. The zero-order valence-electron chi connectivity index (χ0n) is 20.0. The third-order valence-electron chi connectivity index (χ3n) is 5.73. The fourth-order valence-corrected chi connectivity index (χ4v) is 4.96. The lowest BCUT2D eigenvalue weighted by Crippen LogP contribution is -2.13. The SMILES string of the molecule is Cc1ccc(NS(=O)(=O)c2cccc(/C=C/C(=O)Nc3ccccc3-c3nc4ccccc4[nH]3)c2)cc1. The maximum atomic E-state index is 12.8. The number of imidazole rings is 1. The predicted octanol–water partition coefficient (Wildman–Crippen LogP) is 5.99. The minimum Gasteiger partial charge on any atom is -0.338 e. The van der Waals surface area contributed by atoms with Crippen molar-refractivity contribution in [2.45, 2.75) is 11.8 Å².